The second-order valence-electron chi connectivity index (χ2n) is 3.46. The van der Waals surface area contributed by atoms with Crippen LogP contribution >= 0.6 is 0 Å². The summed E-state index contributed by atoms with van der Waals surface area (Å²) in [6, 6.07) is 9.46. The molecule has 0 heterocycles. The molecule has 0 spiro atoms. The maximum atomic E-state index is 10.4. The zero-order valence-corrected chi connectivity index (χ0v) is 9.45. The second-order valence-corrected chi connectivity index (χ2v) is 3.46. The summed E-state index contributed by atoms with van der Waals surface area (Å²) in [5.41, 5.74) is 0.933. The fourth-order valence-electron chi connectivity index (χ4n) is 1.36. The number of carboxylic acid groups (broad SMARTS) is 1. The minimum absolute atomic E-state index is 0.0314. The third kappa shape index (κ3) is 5.29. The molecule has 1 aromatic carbocycles. The summed E-state index contributed by atoms with van der Waals surface area (Å²) in [6.45, 7) is 0.0796. The van der Waals surface area contributed by atoms with E-state index in [0.29, 0.717) is 0 Å². The highest BCUT2D eigenvalue weighted by Gasteiger charge is 2.08. The average Bonchev–Trinajstić information content (AvgIpc) is 2.34. The molecule has 0 radical (unpaired) electrons. The fraction of sp³-hybridized carbons (Fsp3) is 0.308. The highest BCUT2D eigenvalue weighted by Crippen LogP contribution is 2.18. The van der Waals surface area contributed by atoms with Crippen molar-refractivity contribution in [2.75, 3.05) is 13.2 Å². The Labute approximate surface area is 100 Å². The molecule has 4 nitrogen and oxygen atoms in total. The Balaban J connectivity index is 2.61. The summed E-state index contributed by atoms with van der Waals surface area (Å²) < 4.78 is 5.46. The number of carbonyl (C=O) groups is 1. The first-order valence-corrected chi connectivity index (χ1v) is 5.40. The number of ether oxygens (including phenoxy) is 1. The van der Waals surface area contributed by atoms with E-state index in [0.717, 1.165) is 5.56 Å². The van der Waals surface area contributed by atoms with Gasteiger partial charge in [-0.2, -0.15) is 0 Å². The molecule has 0 saturated heterocycles. The third-order valence-electron chi connectivity index (χ3n) is 2.16. The van der Waals surface area contributed by atoms with Crippen molar-refractivity contribution in [3.63, 3.8) is 0 Å². The molecule has 92 valence electrons. The molecule has 1 atom stereocenters. The summed E-state index contributed by atoms with van der Waals surface area (Å²) >= 11 is 0. The van der Waals surface area contributed by atoms with Crippen molar-refractivity contribution in [1.82, 2.24) is 0 Å². The van der Waals surface area contributed by atoms with Crippen LogP contribution in [0.4, 0.5) is 0 Å². The molecule has 0 fully saturated rings. The summed E-state index contributed by atoms with van der Waals surface area (Å²) in [5.74, 6) is -0.886. The maximum Gasteiger partial charge on any atom is 0.305 e. The highest BCUT2D eigenvalue weighted by atomic mass is 16.5. The van der Waals surface area contributed by atoms with Crippen LogP contribution in [0, 0.1) is 0 Å². The van der Waals surface area contributed by atoms with Crippen LogP contribution in [-0.4, -0.2) is 29.4 Å². The van der Waals surface area contributed by atoms with Gasteiger partial charge in [0, 0.05) is 0 Å². The van der Waals surface area contributed by atoms with Crippen LogP contribution in [0.25, 0.3) is 0 Å². The van der Waals surface area contributed by atoms with Gasteiger partial charge in [-0.3, -0.25) is 4.79 Å². The Bertz CT molecular complexity index is 359. The summed E-state index contributed by atoms with van der Waals surface area (Å²) in [5, 5.41) is 17.3. The van der Waals surface area contributed by atoms with Crippen LogP contribution in [0.15, 0.2) is 42.5 Å². The molecule has 0 saturated carbocycles. The van der Waals surface area contributed by atoms with Gasteiger partial charge in [-0.15, -0.1) is 0 Å². The van der Waals surface area contributed by atoms with Gasteiger partial charge in [0.2, 0.25) is 0 Å². The molecule has 0 bridgehead atoms. The number of benzene rings is 1. The Hall–Kier alpha value is -1.65. The standard InChI is InChI=1S/C13H16O4/c14-9-4-7-12(17-10-8-13(15)16)11-5-2-1-3-6-11/h1-7,12,14H,8-10H2,(H,15,16)/b7-4-. The van der Waals surface area contributed by atoms with Crippen molar-refractivity contribution in [2.24, 2.45) is 0 Å². The van der Waals surface area contributed by atoms with E-state index in [1.165, 1.54) is 0 Å². The Morgan fingerprint density at radius 2 is 2.06 bits per heavy atom. The number of aliphatic hydroxyl groups is 1. The van der Waals surface area contributed by atoms with Crippen molar-refractivity contribution in [3.05, 3.63) is 48.0 Å². The van der Waals surface area contributed by atoms with E-state index in [2.05, 4.69) is 0 Å². The molecule has 1 aromatic rings. The first kappa shape index (κ1) is 13.4. The molecule has 17 heavy (non-hydrogen) atoms. The number of aliphatic hydroxyl groups excluding tert-OH is 1. The van der Waals surface area contributed by atoms with Gasteiger partial charge in [-0.05, 0) is 5.56 Å². The summed E-state index contributed by atoms with van der Waals surface area (Å²) in [6.07, 6.45) is 2.95. The number of rotatable bonds is 7. The molecule has 0 aliphatic heterocycles. The molecule has 0 amide bonds. The van der Waals surface area contributed by atoms with E-state index < -0.39 is 5.97 Å². The molecule has 0 aliphatic carbocycles. The lowest BCUT2D eigenvalue weighted by Gasteiger charge is -2.13. The maximum absolute atomic E-state index is 10.4. The predicted molar refractivity (Wildman–Crippen MR) is 63.6 cm³/mol. The highest BCUT2D eigenvalue weighted by molar-refractivity contribution is 5.66. The van der Waals surface area contributed by atoms with Crippen LogP contribution < -0.4 is 0 Å². The lowest BCUT2D eigenvalue weighted by Crippen LogP contribution is -2.07. The molecule has 0 aromatic heterocycles. The average molecular weight is 236 g/mol. The van der Waals surface area contributed by atoms with Gasteiger partial charge in [0.1, 0.15) is 6.10 Å². The molecule has 2 N–H and O–H groups in total. The first-order chi connectivity index (χ1) is 8.24. The van der Waals surface area contributed by atoms with E-state index in [-0.39, 0.29) is 25.7 Å². The van der Waals surface area contributed by atoms with Gasteiger partial charge in [-0.25, -0.2) is 0 Å². The third-order valence-corrected chi connectivity index (χ3v) is 2.16. The van der Waals surface area contributed by atoms with Crippen LogP contribution in [0.3, 0.4) is 0 Å². The van der Waals surface area contributed by atoms with Gasteiger partial charge in [-0.1, -0.05) is 42.5 Å². The lowest BCUT2D eigenvalue weighted by molar-refractivity contribution is -0.138. The van der Waals surface area contributed by atoms with E-state index in [1.807, 2.05) is 30.3 Å². The van der Waals surface area contributed by atoms with Gasteiger partial charge in [0.15, 0.2) is 0 Å². The van der Waals surface area contributed by atoms with Crippen molar-refractivity contribution in [2.45, 2.75) is 12.5 Å². The monoisotopic (exact) mass is 236 g/mol. The van der Waals surface area contributed by atoms with E-state index in [4.69, 9.17) is 14.9 Å². The first-order valence-electron chi connectivity index (χ1n) is 5.40. The fourth-order valence-corrected chi connectivity index (χ4v) is 1.36. The summed E-state index contributed by atoms with van der Waals surface area (Å²) in [4.78, 5) is 10.4. The van der Waals surface area contributed by atoms with Gasteiger partial charge >= 0.3 is 5.97 Å². The molecular weight excluding hydrogens is 220 g/mol. The van der Waals surface area contributed by atoms with Crippen molar-refractivity contribution in [1.29, 1.82) is 0 Å². The van der Waals surface area contributed by atoms with E-state index >= 15 is 0 Å². The predicted octanol–water partition coefficient (Wildman–Crippen LogP) is 1.77. The Morgan fingerprint density at radius 3 is 2.65 bits per heavy atom. The van der Waals surface area contributed by atoms with Crippen molar-refractivity contribution < 1.29 is 19.7 Å². The van der Waals surface area contributed by atoms with Crippen LogP contribution in [0.5, 0.6) is 0 Å². The Kier molecular flexibility index (Phi) is 5.99. The van der Waals surface area contributed by atoms with E-state index in [9.17, 15) is 4.79 Å². The van der Waals surface area contributed by atoms with E-state index in [1.54, 1.807) is 12.2 Å². The normalized spacial score (nSPS) is 12.8. The Morgan fingerprint density at radius 1 is 1.35 bits per heavy atom. The molecule has 1 rings (SSSR count). The zero-order chi connectivity index (χ0) is 12.5. The smallest absolute Gasteiger partial charge is 0.305 e. The SMILES string of the molecule is O=C(O)CCOC(/C=C\CO)c1ccccc1. The second kappa shape index (κ2) is 7.60. The quantitative estimate of drug-likeness (QED) is 0.708. The lowest BCUT2D eigenvalue weighted by atomic mass is 10.1. The number of aliphatic carboxylic acids is 1. The zero-order valence-electron chi connectivity index (χ0n) is 9.45. The van der Waals surface area contributed by atoms with Gasteiger partial charge in [0.25, 0.3) is 0 Å². The van der Waals surface area contributed by atoms with Gasteiger partial charge in [0.05, 0.1) is 19.6 Å². The van der Waals surface area contributed by atoms with Gasteiger partial charge < -0.3 is 14.9 Å². The minimum atomic E-state index is -0.886. The largest absolute Gasteiger partial charge is 0.481 e. The van der Waals surface area contributed by atoms with Crippen LogP contribution in [0.2, 0.25) is 0 Å². The molecular formula is C13H16O4. The molecule has 0 aliphatic rings. The molecule has 4 heteroatoms. The number of hydrogen-bond acceptors (Lipinski definition) is 3. The van der Waals surface area contributed by atoms with Crippen molar-refractivity contribution in [3.8, 4) is 0 Å². The van der Waals surface area contributed by atoms with Crippen LogP contribution in [0.1, 0.15) is 18.1 Å². The topological polar surface area (TPSA) is 66.8 Å². The summed E-state index contributed by atoms with van der Waals surface area (Å²) in [7, 11) is 0. The molecule has 1 unspecified atom stereocenters. The minimum Gasteiger partial charge on any atom is -0.481 e. The van der Waals surface area contributed by atoms with Crippen molar-refractivity contribution >= 4 is 5.97 Å². The number of carboxylic acids is 1. The van der Waals surface area contributed by atoms with Crippen LogP contribution in [-0.2, 0) is 9.53 Å². The number of hydrogen-bond donors (Lipinski definition) is 2.